The number of nitrogen functional groups attached to an aromatic ring is 1. The van der Waals surface area contributed by atoms with Crippen molar-refractivity contribution in [3.05, 3.63) is 40.9 Å². The van der Waals surface area contributed by atoms with Crippen molar-refractivity contribution in [1.82, 2.24) is 10.7 Å². The largest absolute Gasteiger partial charge is 0.361 e. The lowest BCUT2D eigenvalue weighted by atomic mass is 9.99. The first-order valence-electron chi connectivity index (χ1n) is 6.54. The van der Waals surface area contributed by atoms with Crippen LogP contribution in [0, 0.1) is 5.92 Å². The van der Waals surface area contributed by atoms with Gasteiger partial charge in [-0.2, -0.15) is 4.79 Å². The summed E-state index contributed by atoms with van der Waals surface area (Å²) in [5.41, 5.74) is 10.6. The molecular weight excluding hydrogens is 286 g/mol. The Balaban J connectivity index is 3.08. The van der Waals surface area contributed by atoms with Gasteiger partial charge < -0.3 is 10.8 Å². The lowest BCUT2D eigenvalue weighted by Crippen LogP contribution is -2.45. The summed E-state index contributed by atoms with van der Waals surface area (Å²) < 4.78 is 0. The normalized spacial score (nSPS) is 11.3. The maximum absolute atomic E-state index is 12.3. The first-order valence-corrected chi connectivity index (χ1v) is 6.54. The highest BCUT2D eigenvalue weighted by molar-refractivity contribution is 6.28. The maximum atomic E-state index is 12.3. The first kappa shape index (κ1) is 17.2. The standard InChI is InChI=1S/C14H17N5O3/c1-8(2)12(11(20)7-17-15)18-13(21)9-5-3-4-6-10(9)14(22)19-16/h3-8,12H,16H2,1-2H3,(H,18,21)(H,19,22). The van der Waals surface area contributed by atoms with Gasteiger partial charge in [0.1, 0.15) is 6.04 Å². The predicted octanol–water partition coefficient (Wildman–Crippen LogP) is -0.0858. The molecule has 22 heavy (non-hydrogen) atoms. The van der Waals surface area contributed by atoms with Crippen LogP contribution in [0.15, 0.2) is 24.3 Å². The maximum Gasteiger partial charge on any atom is 0.325 e. The van der Waals surface area contributed by atoms with Gasteiger partial charge in [-0.3, -0.25) is 19.8 Å². The molecule has 0 spiro atoms. The molecule has 0 heterocycles. The number of Topliss-reactive ketones (excluding diaryl/α,β-unsaturated/α-hetero) is 1. The zero-order chi connectivity index (χ0) is 16.7. The van der Waals surface area contributed by atoms with Crippen molar-refractivity contribution in [3.8, 4) is 0 Å². The number of nitrogens with one attached hydrogen (secondary N) is 2. The summed E-state index contributed by atoms with van der Waals surface area (Å²) in [5, 5.41) is 2.53. The Bertz CT molecular complexity index is 635. The molecular formula is C14H17N5O3. The van der Waals surface area contributed by atoms with Crippen LogP contribution in [0.3, 0.4) is 0 Å². The molecule has 1 atom stereocenters. The Labute approximate surface area is 127 Å². The number of rotatable bonds is 6. The molecule has 8 heteroatoms. The highest BCUT2D eigenvalue weighted by atomic mass is 16.2. The number of nitrogens with zero attached hydrogens (tertiary/aromatic N) is 2. The van der Waals surface area contributed by atoms with Gasteiger partial charge in [0.2, 0.25) is 0 Å². The van der Waals surface area contributed by atoms with Crippen LogP contribution < -0.4 is 16.6 Å². The molecule has 4 N–H and O–H groups in total. The molecule has 0 saturated carbocycles. The van der Waals surface area contributed by atoms with Gasteiger partial charge in [0, 0.05) is 0 Å². The van der Waals surface area contributed by atoms with Crippen LogP contribution in [0.5, 0.6) is 0 Å². The molecule has 0 radical (unpaired) electrons. The topological polar surface area (TPSA) is 138 Å². The quantitative estimate of drug-likeness (QED) is 0.169. The second-order valence-corrected chi connectivity index (χ2v) is 4.86. The summed E-state index contributed by atoms with van der Waals surface area (Å²) in [6.45, 7) is 3.46. The molecule has 0 aliphatic carbocycles. The van der Waals surface area contributed by atoms with Crippen LogP contribution >= 0.6 is 0 Å². The van der Waals surface area contributed by atoms with E-state index in [0.29, 0.717) is 0 Å². The second kappa shape index (κ2) is 7.82. The summed E-state index contributed by atoms with van der Waals surface area (Å²) in [6.07, 6.45) is 0.726. The minimum Gasteiger partial charge on any atom is -0.361 e. The first-order chi connectivity index (χ1) is 10.4. The Morgan fingerprint density at radius 1 is 1.18 bits per heavy atom. The summed E-state index contributed by atoms with van der Waals surface area (Å²) in [5.74, 6) is 3.08. The van der Waals surface area contributed by atoms with Gasteiger partial charge in [0.05, 0.1) is 11.1 Å². The lowest BCUT2D eigenvalue weighted by Gasteiger charge is -2.18. The van der Waals surface area contributed by atoms with Gasteiger partial charge in [-0.25, -0.2) is 5.84 Å². The zero-order valence-electron chi connectivity index (χ0n) is 12.2. The van der Waals surface area contributed by atoms with E-state index in [1.54, 1.807) is 26.0 Å². The number of nitrogens with two attached hydrogens (primary N) is 1. The molecule has 1 aromatic carbocycles. The molecule has 8 nitrogen and oxygen atoms in total. The molecule has 0 aromatic heterocycles. The van der Waals surface area contributed by atoms with Gasteiger partial charge in [-0.05, 0) is 18.1 Å². The molecule has 0 aliphatic rings. The van der Waals surface area contributed by atoms with Crippen LogP contribution in [0.2, 0.25) is 0 Å². The van der Waals surface area contributed by atoms with Crippen molar-refractivity contribution in [2.45, 2.75) is 19.9 Å². The van der Waals surface area contributed by atoms with E-state index in [2.05, 4.69) is 10.1 Å². The number of benzene rings is 1. The minimum atomic E-state index is -0.877. The number of amides is 2. The monoisotopic (exact) mass is 303 g/mol. The molecule has 2 amide bonds. The average Bonchev–Trinajstić information content (AvgIpc) is 2.51. The fraction of sp³-hybridized carbons (Fsp3) is 0.286. The van der Waals surface area contributed by atoms with Crippen molar-refractivity contribution in [2.24, 2.45) is 11.8 Å². The highest BCUT2D eigenvalue weighted by Crippen LogP contribution is 2.10. The average molecular weight is 303 g/mol. The minimum absolute atomic E-state index is 0.0878. The van der Waals surface area contributed by atoms with Crippen LogP contribution in [0.25, 0.3) is 5.53 Å². The van der Waals surface area contributed by atoms with Crippen molar-refractivity contribution in [3.63, 3.8) is 0 Å². The zero-order valence-corrected chi connectivity index (χ0v) is 12.2. The van der Waals surface area contributed by atoms with E-state index in [0.717, 1.165) is 6.21 Å². The Kier molecular flexibility index (Phi) is 6.12. The van der Waals surface area contributed by atoms with E-state index in [1.807, 2.05) is 5.43 Å². The summed E-state index contributed by atoms with van der Waals surface area (Å²) in [6, 6.07) is 5.19. The molecule has 0 bridgehead atoms. The van der Waals surface area contributed by atoms with E-state index >= 15 is 0 Å². The van der Waals surface area contributed by atoms with Crippen molar-refractivity contribution in [2.75, 3.05) is 0 Å². The Morgan fingerprint density at radius 2 is 1.73 bits per heavy atom. The lowest BCUT2D eigenvalue weighted by molar-refractivity contribution is -0.118. The van der Waals surface area contributed by atoms with Crippen LogP contribution in [-0.2, 0) is 4.79 Å². The van der Waals surface area contributed by atoms with E-state index in [4.69, 9.17) is 11.4 Å². The third-order valence-electron chi connectivity index (χ3n) is 2.99. The van der Waals surface area contributed by atoms with Gasteiger partial charge in [-0.1, -0.05) is 26.0 Å². The third-order valence-corrected chi connectivity index (χ3v) is 2.99. The van der Waals surface area contributed by atoms with Crippen molar-refractivity contribution in [1.29, 1.82) is 0 Å². The molecule has 0 saturated heterocycles. The second-order valence-electron chi connectivity index (χ2n) is 4.86. The molecule has 1 aromatic rings. The summed E-state index contributed by atoms with van der Waals surface area (Å²) >= 11 is 0. The fourth-order valence-electron chi connectivity index (χ4n) is 1.88. The number of ketones is 1. The molecule has 0 aliphatic heterocycles. The molecule has 1 rings (SSSR count). The Hall–Kier alpha value is -2.83. The van der Waals surface area contributed by atoms with Crippen LogP contribution in [0.4, 0.5) is 0 Å². The van der Waals surface area contributed by atoms with Gasteiger partial charge in [0.15, 0.2) is 0 Å². The summed E-state index contributed by atoms with van der Waals surface area (Å²) in [4.78, 5) is 38.5. The van der Waals surface area contributed by atoms with Crippen LogP contribution in [-0.4, -0.2) is 34.6 Å². The molecule has 1 unspecified atom stereocenters. The predicted molar refractivity (Wildman–Crippen MR) is 78.9 cm³/mol. The number of hydrazine groups is 1. The number of carbonyl (C=O) groups is 3. The van der Waals surface area contributed by atoms with Crippen molar-refractivity contribution < 1.29 is 19.2 Å². The van der Waals surface area contributed by atoms with Crippen LogP contribution in [0.1, 0.15) is 34.6 Å². The van der Waals surface area contributed by atoms with Gasteiger partial charge in [-0.15, -0.1) is 0 Å². The van der Waals surface area contributed by atoms with Gasteiger partial charge in [0.25, 0.3) is 17.6 Å². The van der Waals surface area contributed by atoms with E-state index in [9.17, 15) is 14.4 Å². The smallest absolute Gasteiger partial charge is 0.325 e. The highest BCUT2D eigenvalue weighted by Gasteiger charge is 2.27. The molecule has 116 valence electrons. The number of hydrogen-bond donors (Lipinski definition) is 3. The fourth-order valence-corrected chi connectivity index (χ4v) is 1.88. The summed E-state index contributed by atoms with van der Waals surface area (Å²) in [7, 11) is 0. The van der Waals surface area contributed by atoms with E-state index in [-0.39, 0.29) is 17.0 Å². The van der Waals surface area contributed by atoms with E-state index < -0.39 is 23.6 Å². The SMILES string of the molecule is CC(C)C(NC(=O)c1ccccc1C(=O)NN)C(=O)C=[N+]=[N-]. The van der Waals surface area contributed by atoms with Crippen molar-refractivity contribution >= 4 is 23.8 Å². The number of carbonyl (C=O) groups excluding carboxylic acids is 3. The van der Waals surface area contributed by atoms with Gasteiger partial charge >= 0.3 is 6.21 Å². The third kappa shape index (κ3) is 4.08. The molecule has 0 fully saturated rings. The van der Waals surface area contributed by atoms with E-state index in [1.165, 1.54) is 12.1 Å². The number of hydrogen-bond acceptors (Lipinski definition) is 4. The Morgan fingerprint density at radius 3 is 2.18 bits per heavy atom.